The third kappa shape index (κ3) is 2.24. The fourth-order valence-corrected chi connectivity index (χ4v) is 0.277. The topological polar surface area (TPSA) is 43.6 Å². The molecular weight excluding hydrogens is 160 g/mol. The Kier molecular flexibility index (Phi) is 3.26. The van der Waals surface area contributed by atoms with Gasteiger partial charge in [0.1, 0.15) is 6.33 Å². The van der Waals surface area contributed by atoms with E-state index in [0.29, 0.717) is 6.33 Å². The second kappa shape index (κ2) is 3.31. The van der Waals surface area contributed by atoms with Crippen LogP contribution < -0.4 is 29.6 Å². The van der Waals surface area contributed by atoms with Gasteiger partial charge in [0.2, 0.25) is 0 Å². The van der Waals surface area contributed by atoms with Gasteiger partial charge in [0, 0.05) is 0 Å². The van der Waals surface area contributed by atoms with E-state index in [9.17, 15) is 13.2 Å². The molecule has 0 unspecified atom stereocenters. The molecule has 1 heterocycles. The first-order valence-corrected chi connectivity index (χ1v) is 1.91. The van der Waals surface area contributed by atoms with Crippen LogP contribution in [0.4, 0.5) is 13.2 Å². The fraction of sp³-hybridized carbons (Fsp3) is 0.500. The smallest absolute Gasteiger partial charge is 1.00 e. The molecule has 0 fully saturated rings. The molecule has 0 aromatic carbocycles. The van der Waals surface area contributed by atoms with Gasteiger partial charge in [-0.2, -0.15) is 0 Å². The molecule has 4 nitrogen and oxygen atoms in total. The average molecular weight is 162 g/mol. The summed E-state index contributed by atoms with van der Waals surface area (Å²) in [5.74, 6) is 0. The number of halogens is 3. The van der Waals surface area contributed by atoms with Gasteiger partial charge in [0.25, 0.3) is 0 Å². The summed E-state index contributed by atoms with van der Waals surface area (Å²) < 4.78 is 34.0. The minimum atomic E-state index is -4.50. The Bertz CT molecular complexity index is 186. The van der Waals surface area contributed by atoms with Gasteiger partial charge in [-0.1, -0.05) is 0 Å². The van der Waals surface area contributed by atoms with E-state index in [1.807, 2.05) is 0 Å². The quantitative estimate of drug-likeness (QED) is 0.389. The van der Waals surface area contributed by atoms with Crippen molar-refractivity contribution in [3.63, 3.8) is 0 Å². The number of alkyl halides is 3. The maximum atomic E-state index is 11.4. The molecule has 1 rings (SSSR count). The molecular formula is C2H2F3N4Na. The second-order valence-electron chi connectivity index (χ2n) is 1.22. The van der Waals surface area contributed by atoms with Crippen LogP contribution in [0.25, 0.3) is 0 Å². The summed E-state index contributed by atoms with van der Waals surface area (Å²) in [6, 6.07) is 0. The van der Waals surface area contributed by atoms with E-state index in [1.165, 1.54) is 0 Å². The molecule has 0 saturated carbocycles. The maximum absolute atomic E-state index is 11.4. The van der Waals surface area contributed by atoms with Gasteiger partial charge in [-0.25, -0.2) is 0 Å². The van der Waals surface area contributed by atoms with Crippen LogP contribution in [-0.4, -0.2) is 20.2 Å². The van der Waals surface area contributed by atoms with Gasteiger partial charge in [-0.3, -0.25) is 0 Å². The molecule has 52 valence electrons. The van der Waals surface area contributed by atoms with Crippen LogP contribution in [0.3, 0.4) is 0 Å². The fourth-order valence-electron chi connectivity index (χ4n) is 0.277. The average Bonchev–Trinajstić information content (AvgIpc) is 2.08. The molecule has 8 heteroatoms. The van der Waals surface area contributed by atoms with E-state index in [2.05, 4.69) is 15.5 Å². The van der Waals surface area contributed by atoms with Crippen molar-refractivity contribution in [2.75, 3.05) is 0 Å². The molecule has 0 aliphatic carbocycles. The summed E-state index contributed by atoms with van der Waals surface area (Å²) in [5.41, 5.74) is 0. The Balaban J connectivity index is 0. The Morgan fingerprint density at radius 3 is 2.20 bits per heavy atom. The summed E-state index contributed by atoms with van der Waals surface area (Å²) in [6.45, 7) is 0. The zero-order valence-corrected chi connectivity index (χ0v) is 7.00. The number of tetrazole rings is 1. The van der Waals surface area contributed by atoms with Crippen molar-refractivity contribution in [3.8, 4) is 0 Å². The van der Waals surface area contributed by atoms with Gasteiger partial charge >= 0.3 is 35.9 Å². The Hall–Kier alpha value is -0.140. The first kappa shape index (κ1) is 9.86. The van der Waals surface area contributed by atoms with Crippen molar-refractivity contribution in [2.45, 2.75) is 6.30 Å². The zero-order valence-electron chi connectivity index (χ0n) is 6.00. The van der Waals surface area contributed by atoms with Crippen molar-refractivity contribution in [3.05, 3.63) is 6.33 Å². The Labute approximate surface area is 77.2 Å². The minimum Gasteiger partial charge on any atom is -1.00 e. The predicted octanol–water partition coefficient (Wildman–Crippen LogP) is -2.73. The molecule has 0 atom stereocenters. The third-order valence-corrected chi connectivity index (χ3v) is 0.609. The number of hydrogen-bond acceptors (Lipinski definition) is 3. The van der Waals surface area contributed by atoms with Gasteiger partial charge < -0.3 is 1.43 Å². The summed E-state index contributed by atoms with van der Waals surface area (Å²) in [5, 5.41) is 8.22. The molecule has 0 amide bonds. The summed E-state index contributed by atoms with van der Waals surface area (Å²) in [4.78, 5) is 0. The van der Waals surface area contributed by atoms with E-state index >= 15 is 0 Å². The van der Waals surface area contributed by atoms with Crippen LogP contribution in [0.1, 0.15) is 1.43 Å². The molecule has 0 aliphatic rings. The van der Waals surface area contributed by atoms with Gasteiger partial charge in [-0.05, 0) is 10.4 Å². The minimum absolute atomic E-state index is 0. The molecule has 0 spiro atoms. The summed E-state index contributed by atoms with van der Waals surface area (Å²) >= 11 is 0. The van der Waals surface area contributed by atoms with Crippen molar-refractivity contribution in [1.82, 2.24) is 20.2 Å². The largest absolute Gasteiger partial charge is 1.00 e. The summed E-state index contributed by atoms with van der Waals surface area (Å²) in [7, 11) is 0. The zero-order chi connectivity index (χ0) is 6.91. The van der Waals surface area contributed by atoms with Gasteiger partial charge in [0.15, 0.2) is 0 Å². The van der Waals surface area contributed by atoms with Gasteiger partial charge in [0.05, 0.1) is 0 Å². The predicted molar refractivity (Wildman–Crippen MR) is 20.2 cm³/mol. The molecule has 1 aromatic heterocycles. The van der Waals surface area contributed by atoms with E-state index < -0.39 is 6.30 Å². The first-order valence-electron chi connectivity index (χ1n) is 1.91. The Morgan fingerprint density at radius 2 is 2.00 bits per heavy atom. The van der Waals surface area contributed by atoms with Crippen LogP contribution in [0, 0.1) is 0 Å². The molecule has 0 aliphatic heterocycles. The van der Waals surface area contributed by atoms with Crippen molar-refractivity contribution in [1.29, 1.82) is 0 Å². The summed E-state index contributed by atoms with van der Waals surface area (Å²) in [6.07, 6.45) is -4.01. The van der Waals surface area contributed by atoms with Crippen LogP contribution in [0.15, 0.2) is 6.33 Å². The normalized spacial score (nSPS) is 10.7. The molecule has 10 heavy (non-hydrogen) atoms. The molecule has 0 saturated heterocycles. The Morgan fingerprint density at radius 1 is 1.40 bits per heavy atom. The molecule has 0 radical (unpaired) electrons. The molecule has 0 N–H and O–H groups in total. The van der Waals surface area contributed by atoms with Crippen LogP contribution >= 0.6 is 0 Å². The van der Waals surface area contributed by atoms with E-state index in [-0.39, 0.29) is 35.7 Å². The standard InChI is InChI=1S/C2HF3N4.Na.H/c3-2(4,5)9-1-6-7-8-9;;/h1H;;/q;+1;-1. The van der Waals surface area contributed by atoms with Crippen molar-refractivity contribution < 1.29 is 44.2 Å². The number of rotatable bonds is 0. The molecule has 0 bridgehead atoms. The van der Waals surface area contributed by atoms with E-state index in [1.54, 1.807) is 0 Å². The van der Waals surface area contributed by atoms with Crippen molar-refractivity contribution >= 4 is 0 Å². The number of nitrogens with zero attached hydrogens (tertiary/aromatic N) is 4. The first-order chi connectivity index (χ1) is 4.11. The third-order valence-electron chi connectivity index (χ3n) is 0.609. The number of hydrogen-bond donors (Lipinski definition) is 0. The van der Waals surface area contributed by atoms with Crippen LogP contribution in [-0.2, 0) is 6.30 Å². The van der Waals surface area contributed by atoms with Gasteiger partial charge in [-0.15, -0.1) is 23.0 Å². The van der Waals surface area contributed by atoms with Crippen LogP contribution in [0.5, 0.6) is 0 Å². The number of aromatic nitrogens is 4. The second-order valence-corrected chi connectivity index (χ2v) is 1.22. The monoisotopic (exact) mass is 162 g/mol. The van der Waals surface area contributed by atoms with Crippen molar-refractivity contribution in [2.24, 2.45) is 0 Å². The van der Waals surface area contributed by atoms with Crippen LogP contribution in [0.2, 0.25) is 0 Å². The SMILES string of the molecule is FC(F)(F)n1cnnn1.[H-].[Na+]. The maximum Gasteiger partial charge on any atom is 1.00 e. The van der Waals surface area contributed by atoms with E-state index in [4.69, 9.17) is 0 Å². The molecule has 1 aromatic rings. The van der Waals surface area contributed by atoms with E-state index in [0.717, 1.165) is 0 Å².